The van der Waals surface area contributed by atoms with Crippen LogP contribution in [0.15, 0.2) is 47.4 Å². The third-order valence-corrected chi connectivity index (χ3v) is 5.54. The van der Waals surface area contributed by atoms with E-state index in [1.54, 1.807) is 11.8 Å². The van der Waals surface area contributed by atoms with Gasteiger partial charge < -0.3 is 4.90 Å². The maximum atomic E-state index is 12.6. The number of aromatic nitrogens is 1. The average molecular weight is 361 g/mol. The van der Waals surface area contributed by atoms with E-state index in [1.165, 1.54) is 0 Å². The molecule has 5 heteroatoms. The molecular weight excluding hydrogens is 340 g/mol. The molecule has 126 valence electrons. The molecular formula is C19H21ClN2OS. The first-order chi connectivity index (χ1) is 11.6. The number of amides is 1. The van der Waals surface area contributed by atoms with Crippen LogP contribution in [0.4, 0.5) is 0 Å². The van der Waals surface area contributed by atoms with Crippen molar-refractivity contribution in [3.05, 3.63) is 58.9 Å². The lowest BCUT2D eigenvalue weighted by atomic mass is 9.99. The fourth-order valence-corrected chi connectivity index (χ4v) is 3.88. The topological polar surface area (TPSA) is 33.2 Å². The molecule has 3 nitrogen and oxygen atoms in total. The Hall–Kier alpha value is -1.52. The number of hydrogen-bond donors (Lipinski definition) is 0. The predicted octanol–water partition coefficient (Wildman–Crippen LogP) is 4.90. The van der Waals surface area contributed by atoms with Gasteiger partial charge in [0.25, 0.3) is 5.91 Å². The van der Waals surface area contributed by atoms with Crippen LogP contribution in [0.3, 0.4) is 0 Å². The minimum Gasteiger partial charge on any atom is -0.337 e. The van der Waals surface area contributed by atoms with Crippen LogP contribution in [0.5, 0.6) is 0 Å². The largest absolute Gasteiger partial charge is 0.337 e. The van der Waals surface area contributed by atoms with Crippen LogP contribution in [0.2, 0.25) is 5.02 Å². The van der Waals surface area contributed by atoms with Crippen molar-refractivity contribution in [2.75, 3.05) is 13.1 Å². The van der Waals surface area contributed by atoms with Gasteiger partial charge in [-0.05, 0) is 49.1 Å². The Morgan fingerprint density at radius 3 is 2.75 bits per heavy atom. The number of likely N-dealkylation sites (tertiary alicyclic amines) is 1. The van der Waals surface area contributed by atoms with Crippen LogP contribution in [-0.4, -0.2) is 28.9 Å². The molecule has 0 N–H and O–H groups in total. The molecule has 24 heavy (non-hydrogen) atoms. The quantitative estimate of drug-likeness (QED) is 0.727. The third-order valence-electron chi connectivity index (χ3n) is 4.28. The van der Waals surface area contributed by atoms with Crippen molar-refractivity contribution in [2.24, 2.45) is 5.92 Å². The number of pyridine rings is 1. The molecule has 2 aromatic rings. The lowest BCUT2D eigenvalue weighted by Gasteiger charge is -2.30. The highest BCUT2D eigenvalue weighted by Gasteiger charge is 2.22. The number of hydrogen-bond acceptors (Lipinski definition) is 3. The lowest BCUT2D eigenvalue weighted by Crippen LogP contribution is -2.38. The van der Waals surface area contributed by atoms with Gasteiger partial charge in [-0.3, -0.25) is 4.79 Å². The highest BCUT2D eigenvalue weighted by Crippen LogP contribution is 2.25. The third kappa shape index (κ3) is 4.52. The molecule has 0 saturated carbocycles. The number of thioether (sulfide) groups is 1. The molecule has 0 aliphatic carbocycles. The molecule has 1 amide bonds. The summed E-state index contributed by atoms with van der Waals surface area (Å²) >= 11 is 7.68. The van der Waals surface area contributed by atoms with Crippen LogP contribution in [-0.2, 0) is 5.75 Å². The number of carbonyl (C=O) groups excluding carboxylic acids is 1. The van der Waals surface area contributed by atoms with E-state index in [0.29, 0.717) is 11.6 Å². The van der Waals surface area contributed by atoms with E-state index in [4.69, 9.17) is 11.6 Å². The van der Waals surface area contributed by atoms with Crippen LogP contribution in [0.25, 0.3) is 0 Å². The molecule has 0 spiro atoms. The van der Waals surface area contributed by atoms with E-state index in [2.05, 4.69) is 11.9 Å². The summed E-state index contributed by atoms with van der Waals surface area (Å²) in [7, 11) is 0. The van der Waals surface area contributed by atoms with Crippen molar-refractivity contribution < 1.29 is 4.79 Å². The summed E-state index contributed by atoms with van der Waals surface area (Å²) < 4.78 is 0. The van der Waals surface area contributed by atoms with Gasteiger partial charge in [-0.15, -0.1) is 11.8 Å². The second-order valence-corrected chi connectivity index (χ2v) is 7.72. The molecule has 0 unspecified atom stereocenters. The number of piperidine rings is 1. The van der Waals surface area contributed by atoms with Gasteiger partial charge in [0.1, 0.15) is 5.69 Å². The van der Waals surface area contributed by atoms with Crippen molar-refractivity contribution in [1.29, 1.82) is 0 Å². The summed E-state index contributed by atoms with van der Waals surface area (Å²) in [4.78, 5) is 20.2. The molecule has 1 aromatic heterocycles. The van der Waals surface area contributed by atoms with E-state index in [9.17, 15) is 4.79 Å². The second-order valence-electron chi connectivity index (χ2n) is 6.23. The summed E-state index contributed by atoms with van der Waals surface area (Å²) in [6, 6.07) is 13.5. The molecule has 1 fully saturated rings. The van der Waals surface area contributed by atoms with Gasteiger partial charge in [0.15, 0.2) is 0 Å². The Labute approximate surface area is 152 Å². The molecule has 2 heterocycles. The summed E-state index contributed by atoms with van der Waals surface area (Å²) in [5, 5.41) is 0.733. The molecule has 3 rings (SSSR count). The maximum absolute atomic E-state index is 12.6. The smallest absolute Gasteiger partial charge is 0.272 e. The zero-order valence-corrected chi connectivity index (χ0v) is 15.3. The molecule has 1 aromatic carbocycles. The number of benzene rings is 1. The number of carbonyl (C=O) groups is 1. The Bertz CT molecular complexity index is 714. The Balaban J connectivity index is 1.64. The first-order valence-electron chi connectivity index (χ1n) is 8.25. The molecule has 0 bridgehead atoms. The van der Waals surface area contributed by atoms with E-state index in [1.807, 2.05) is 47.4 Å². The predicted molar refractivity (Wildman–Crippen MR) is 99.6 cm³/mol. The highest BCUT2D eigenvalue weighted by atomic mass is 35.5. The van der Waals surface area contributed by atoms with Gasteiger partial charge >= 0.3 is 0 Å². The number of rotatable bonds is 4. The van der Waals surface area contributed by atoms with E-state index >= 15 is 0 Å². The fraction of sp³-hybridized carbons (Fsp3) is 0.368. The maximum Gasteiger partial charge on any atom is 0.272 e. The van der Waals surface area contributed by atoms with Gasteiger partial charge in [0, 0.05) is 28.8 Å². The summed E-state index contributed by atoms with van der Waals surface area (Å²) in [6.45, 7) is 3.92. The lowest BCUT2D eigenvalue weighted by molar-refractivity contribution is 0.0691. The van der Waals surface area contributed by atoms with Gasteiger partial charge in [-0.25, -0.2) is 4.98 Å². The molecule has 0 radical (unpaired) electrons. The van der Waals surface area contributed by atoms with Crippen LogP contribution >= 0.6 is 23.4 Å². The zero-order chi connectivity index (χ0) is 16.9. The van der Waals surface area contributed by atoms with Gasteiger partial charge in [-0.1, -0.05) is 30.7 Å². The Kier molecular flexibility index (Phi) is 5.80. The summed E-state index contributed by atoms with van der Waals surface area (Å²) in [6.07, 6.45) is 2.16. The van der Waals surface area contributed by atoms with E-state index in [0.717, 1.165) is 47.3 Å². The molecule has 1 aliphatic rings. The van der Waals surface area contributed by atoms with Gasteiger partial charge in [0.05, 0.1) is 5.69 Å². The monoisotopic (exact) mass is 360 g/mol. The van der Waals surface area contributed by atoms with Crippen LogP contribution in [0.1, 0.15) is 35.9 Å². The first kappa shape index (κ1) is 17.3. The fourth-order valence-electron chi connectivity index (χ4n) is 2.77. The van der Waals surface area contributed by atoms with Gasteiger partial charge in [0.2, 0.25) is 0 Å². The minimum atomic E-state index is 0.0523. The first-order valence-corrected chi connectivity index (χ1v) is 9.62. The Morgan fingerprint density at radius 1 is 1.25 bits per heavy atom. The van der Waals surface area contributed by atoms with Crippen molar-refractivity contribution in [1.82, 2.24) is 9.88 Å². The van der Waals surface area contributed by atoms with Crippen molar-refractivity contribution in [2.45, 2.75) is 30.4 Å². The van der Waals surface area contributed by atoms with Crippen molar-refractivity contribution >= 4 is 29.3 Å². The molecule has 1 aliphatic heterocycles. The van der Waals surface area contributed by atoms with Crippen molar-refractivity contribution in [3.8, 4) is 0 Å². The number of nitrogens with zero attached hydrogens (tertiary/aromatic N) is 2. The van der Waals surface area contributed by atoms with E-state index < -0.39 is 0 Å². The normalized spacial score (nSPS) is 15.5. The molecule has 0 atom stereocenters. The summed E-state index contributed by atoms with van der Waals surface area (Å²) in [5.74, 6) is 1.48. The zero-order valence-electron chi connectivity index (χ0n) is 13.7. The Morgan fingerprint density at radius 2 is 2.00 bits per heavy atom. The standard InChI is InChI=1S/C19H21ClN2OS/c1-14-8-10-22(11-9-14)19(23)18-7-3-5-16(21-18)13-24-17-6-2-4-15(20)12-17/h2-7,12,14H,8-11,13H2,1H3. The minimum absolute atomic E-state index is 0.0523. The average Bonchev–Trinajstić information content (AvgIpc) is 2.60. The van der Waals surface area contributed by atoms with E-state index in [-0.39, 0.29) is 5.91 Å². The molecule has 1 saturated heterocycles. The van der Waals surface area contributed by atoms with Crippen LogP contribution < -0.4 is 0 Å². The van der Waals surface area contributed by atoms with Crippen LogP contribution in [0, 0.1) is 5.92 Å². The number of halogens is 1. The second kappa shape index (κ2) is 8.04. The van der Waals surface area contributed by atoms with Crippen molar-refractivity contribution in [3.63, 3.8) is 0 Å². The summed E-state index contributed by atoms with van der Waals surface area (Å²) in [5.41, 5.74) is 1.46. The van der Waals surface area contributed by atoms with Gasteiger partial charge in [-0.2, -0.15) is 0 Å². The highest BCUT2D eigenvalue weighted by molar-refractivity contribution is 7.98. The SMILES string of the molecule is CC1CCN(C(=O)c2cccc(CSc3cccc(Cl)c3)n2)CC1.